The SMILES string of the molecule is CN(C)C(c1cccc(CN)c1)c1cc(Br)ccc1F. The van der Waals surface area contributed by atoms with E-state index in [0.717, 1.165) is 15.6 Å². The van der Waals surface area contributed by atoms with Gasteiger partial charge in [-0.1, -0.05) is 40.2 Å². The van der Waals surface area contributed by atoms with E-state index in [0.29, 0.717) is 12.1 Å². The smallest absolute Gasteiger partial charge is 0.128 e. The van der Waals surface area contributed by atoms with Crippen molar-refractivity contribution in [1.29, 1.82) is 0 Å². The first-order chi connectivity index (χ1) is 9.52. The van der Waals surface area contributed by atoms with Gasteiger partial charge in [0.05, 0.1) is 6.04 Å². The lowest BCUT2D eigenvalue weighted by Gasteiger charge is -2.26. The normalized spacial score (nSPS) is 12.7. The van der Waals surface area contributed by atoms with E-state index < -0.39 is 0 Å². The maximum Gasteiger partial charge on any atom is 0.128 e. The molecule has 0 amide bonds. The van der Waals surface area contributed by atoms with Crippen LogP contribution in [0.4, 0.5) is 4.39 Å². The van der Waals surface area contributed by atoms with Gasteiger partial charge in [0.25, 0.3) is 0 Å². The molecule has 0 fully saturated rings. The van der Waals surface area contributed by atoms with Crippen molar-refractivity contribution < 1.29 is 4.39 Å². The van der Waals surface area contributed by atoms with Crippen LogP contribution in [0.2, 0.25) is 0 Å². The van der Waals surface area contributed by atoms with Crippen molar-refractivity contribution >= 4 is 15.9 Å². The summed E-state index contributed by atoms with van der Waals surface area (Å²) in [4.78, 5) is 2.00. The fourth-order valence-electron chi connectivity index (χ4n) is 2.37. The van der Waals surface area contributed by atoms with Gasteiger partial charge in [-0.3, -0.25) is 4.90 Å². The number of nitrogens with zero attached hydrogens (tertiary/aromatic N) is 1. The van der Waals surface area contributed by atoms with Crippen molar-refractivity contribution in [3.63, 3.8) is 0 Å². The number of halogens is 2. The molecule has 0 aromatic heterocycles. The average molecular weight is 337 g/mol. The van der Waals surface area contributed by atoms with Crippen molar-refractivity contribution in [2.75, 3.05) is 14.1 Å². The summed E-state index contributed by atoms with van der Waals surface area (Å²) in [6.07, 6.45) is 0. The Morgan fingerprint density at radius 1 is 1.20 bits per heavy atom. The number of benzene rings is 2. The van der Waals surface area contributed by atoms with Crippen LogP contribution in [0.5, 0.6) is 0 Å². The first kappa shape index (κ1) is 15.2. The van der Waals surface area contributed by atoms with Gasteiger partial charge in [0, 0.05) is 16.6 Å². The standard InChI is InChI=1S/C16H18BrFN2/c1-20(2)16(12-5-3-4-11(8-12)10-19)14-9-13(17)6-7-15(14)18/h3-9,16H,10,19H2,1-2H3. The van der Waals surface area contributed by atoms with Crippen molar-refractivity contribution in [1.82, 2.24) is 4.90 Å². The molecule has 2 N–H and O–H groups in total. The Labute approximate surface area is 127 Å². The number of hydrogen-bond donors (Lipinski definition) is 1. The highest BCUT2D eigenvalue weighted by Gasteiger charge is 2.20. The van der Waals surface area contributed by atoms with E-state index in [9.17, 15) is 4.39 Å². The molecule has 2 nitrogen and oxygen atoms in total. The fourth-order valence-corrected chi connectivity index (χ4v) is 2.75. The minimum Gasteiger partial charge on any atom is -0.326 e. The first-order valence-corrected chi connectivity index (χ1v) is 7.22. The molecule has 0 saturated heterocycles. The van der Waals surface area contributed by atoms with Crippen LogP contribution >= 0.6 is 15.9 Å². The predicted molar refractivity (Wildman–Crippen MR) is 84.0 cm³/mol. The monoisotopic (exact) mass is 336 g/mol. The highest BCUT2D eigenvalue weighted by molar-refractivity contribution is 9.10. The summed E-state index contributed by atoms with van der Waals surface area (Å²) in [5, 5.41) is 0. The lowest BCUT2D eigenvalue weighted by Crippen LogP contribution is -2.22. The molecule has 0 radical (unpaired) electrons. The molecule has 20 heavy (non-hydrogen) atoms. The largest absolute Gasteiger partial charge is 0.326 e. The van der Waals surface area contributed by atoms with Crippen LogP contribution in [0.25, 0.3) is 0 Å². The molecule has 0 aliphatic rings. The Morgan fingerprint density at radius 2 is 1.95 bits per heavy atom. The molecule has 0 bridgehead atoms. The molecule has 106 valence electrons. The molecule has 1 atom stereocenters. The molecule has 0 aliphatic carbocycles. The van der Waals surface area contributed by atoms with Gasteiger partial charge in [0.2, 0.25) is 0 Å². The van der Waals surface area contributed by atoms with Crippen molar-refractivity contribution in [2.24, 2.45) is 5.73 Å². The molecule has 0 saturated carbocycles. The van der Waals surface area contributed by atoms with E-state index in [1.807, 2.05) is 49.3 Å². The van der Waals surface area contributed by atoms with Crippen LogP contribution in [0, 0.1) is 5.82 Å². The molecule has 0 spiro atoms. The van der Waals surface area contributed by atoms with Gasteiger partial charge in [-0.2, -0.15) is 0 Å². The number of rotatable bonds is 4. The van der Waals surface area contributed by atoms with Crippen molar-refractivity contribution in [3.8, 4) is 0 Å². The van der Waals surface area contributed by atoms with E-state index in [1.165, 1.54) is 6.07 Å². The maximum absolute atomic E-state index is 14.2. The Kier molecular flexibility index (Phi) is 4.91. The van der Waals surface area contributed by atoms with E-state index in [4.69, 9.17) is 5.73 Å². The predicted octanol–water partition coefficient (Wildman–Crippen LogP) is 3.70. The van der Waals surface area contributed by atoms with Crippen molar-refractivity contribution in [2.45, 2.75) is 12.6 Å². The second kappa shape index (κ2) is 6.48. The van der Waals surface area contributed by atoms with Gasteiger partial charge in [0.1, 0.15) is 5.82 Å². The van der Waals surface area contributed by atoms with E-state index in [2.05, 4.69) is 15.9 Å². The molecular formula is C16H18BrFN2. The quantitative estimate of drug-likeness (QED) is 0.922. The van der Waals surface area contributed by atoms with Crippen LogP contribution in [-0.2, 0) is 6.54 Å². The zero-order valence-electron chi connectivity index (χ0n) is 11.6. The van der Waals surface area contributed by atoms with Gasteiger partial charge >= 0.3 is 0 Å². The Balaban J connectivity index is 2.53. The Bertz CT molecular complexity index is 599. The summed E-state index contributed by atoms with van der Waals surface area (Å²) in [6, 6.07) is 12.9. The van der Waals surface area contributed by atoms with Crippen LogP contribution in [-0.4, -0.2) is 19.0 Å². The third kappa shape index (κ3) is 3.26. The van der Waals surface area contributed by atoms with Gasteiger partial charge in [-0.15, -0.1) is 0 Å². The molecule has 0 heterocycles. The number of hydrogen-bond acceptors (Lipinski definition) is 2. The Morgan fingerprint density at radius 3 is 2.60 bits per heavy atom. The molecule has 4 heteroatoms. The third-order valence-corrected chi connectivity index (χ3v) is 3.76. The maximum atomic E-state index is 14.2. The summed E-state index contributed by atoms with van der Waals surface area (Å²) in [5.41, 5.74) is 8.43. The van der Waals surface area contributed by atoms with Crippen LogP contribution < -0.4 is 5.73 Å². The minimum absolute atomic E-state index is 0.140. The van der Waals surface area contributed by atoms with Crippen LogP contribution in [0.15, 0.2) is 46.9 Å². The summed E-state index contributed by atoms with van der Waals surface area (Å²) in [5.74, 6) is -0.204. The summed E-state index contributed by atoms with van der Waals surface area (Å²) >= 11 is 3.41. The van der Waals surface area contributed by atoms with E-state index in [1.54, 1.807) is 6.07 Å². The van der Waals surface area contributed by atoms with Gasteiger partial charge in [0.15, 0.2) is 0 Å². The van der Waals surface area contributed by atoms with Crippen LogP contribution in [0.1, 0.15) is 22.7 Å². The topological polar surface area (TPSA) is 29.3 Å². The zero-order valence-corrected chi connectivity index (χ0v) is 13.2. The second-order valence-electron chi connectivity index (χ2n) is 4.98. The molecule has 0 aliphatic heterocycles. The molecule has 2 aromatic rings. The zero-order chi connectivity index (χ0) is 14.7. The minimum atomic E-state index is -0.204. The highest BCUT2D eigenvalue weighted by atomic mass is 79.9. The molecule has 1 unspecified atom stereocenters. The molecule has 2 rings (SSSR count). The fraction of sp³-hybridized carbons (Fsp3) is 0.250. The van der Waals surface area contributed by atoms with E-state index in [-0.39, 0.29) is 11.9 Å². The van der Waals surface area contributed by atoms with Gasteiger partial charge in [-0.05, 0) is 43.4 Å². The summed E-state index contributed by atoms with van der Waals surface area (Å²) in [6.45, 7) is 0.481. The lowest BCUT2D eigenvalue weighted by atomic mass is 9.96. The lowest BCUT2D eigenvalue weighted by molar-refractivity contribution is 0.333. The van der Waals surface area contributed by atoms with Crippen molar-refractivity contribution in [3.05, 3.63) is 69.4 Å². The van der Waals surface area contributed by atoms with Gasteiger partial charge < -0.3 is 5.73 Å². The summed E-state index contributed by atoms with van der Waals surface area (Å²) in [7, 11) is 3.89. The first-order valence-electron chi connectivity index (χ1n) is 6.43. The third-order valence-electron chi connectivity index (χ3n) is 3.27. The average Bonchev–Trinajstić information content (AvgIpc) is 2.43. The summed E-state index contributed by atoms with van der Waals surface area (Å²) < 4.78 is 15.0. The highest BCUT2D eigenvalue weighted by Crippen LogP contribution is 2.31. The van der Waals surface area contributed by atoms with Crippen LogP contribution in [0.3, 0.4) is 0 Å². The second-order valence-corrected chi connectivity index (χ2v) is 5.90. The van der Waals surface area contributed by atoms with Gasteiger partial charge in [-0.25, -0.2) is 4.39 Å². The Hall–Kier alpha value is -1.23. The molecular weight excluding hydrogens is 319 g/mol. The molecule has 2 aromatic carbocycles. The number of nitrogens with two attached hydrogens (primary N) is 1. The van der Waals surface area contributed by atoms with E-state index >= 15 is 0 Å².